The molecule has 24 heteroatoms. The van der Waals surface area contributed by atoms with Gasteiger partial charge in [-0.15, -0.1) is 0 Å². The van der Waals surface area contributed by atoms with Crippen LogP contribution in [0.4, 0.5) is 11.4 Å². The van der Waals surface area contributed by atoms with Crippen LogP contribution in [0, 0.1) is 23.7 Å². The van der Waals surface area contributed by atoms with Gasteiger partial charge >= 0.3 is 5.97 Å². The lowest BCUT2D eigenvalue weighted by Gasteiger charge is -2.50. The van der Waals surface area contributed by atoms with Crippen LogP contribution in [0.3, 0.4) is 0 Å². The fourth-order valence-electron chi connectivity index (χ4n) is 13.7. The summed E-state index contributed by atoms with van der Waals surface area (Å²) < 4.78 is 46.1. The molecule has 0 aromatic heterocycles. The second-order valence-electron chi connectivity index (χ2n) is 28.2. The normalized spacial score (nSPS) is 32.0. The number of nitrogens with one attached hydrogen (secondary N) is 3. The van der Waals surface area contributed by atoms with Gasteiger partial charge in [-0.1, -0.05) is 76.9 Å². The molecular formula is C75H115Cl2N7O15. The van der Waals surface area contributed by atoms with Gasteiger partial charge in [-0.2, -0.15) is 0 Å². The number of ketones is 1. The number of likely N-dealkylation sites (N-methyl/N-ethyl adjacent to an activating group) is 1. The van der Waals surface area contributed by atoms with Gasteiger partial charge in [0, 0.05) is 97.1 Å². The van der Waals surface area contributed by atoms with Gasteiger partial charge < -0.3 is 89.2 Å². The Morgan fingerprint density at radius 1 is 0.768 bits per heavy atom. The van der Waals surface area contributed by atoms with Crippen LogP contribution in [0.5, 0.6) is 0 Å². The summed E-state index contributed by atoms with van der Waals surface area (Å²) in [5.74, 6) is -4.47. The van der Waals surface area contributed by atoms with E-state index in [1.807, 2.05) is 113 Å². The number of aromatic nitrogens is 2. The molecule has 4 heterocycles. The van der Waals surface area contributed by atoms with Crippen LogP contribution in [-0.2, 0) is 42.7 Å². The maximum atomic E-state index is 14.2. The molecule has 4 aliphatic heterocycles. The number of para-hydroxylation sites is 2. The number of hydrogen-bond acceptors (Lipinski definition) is 21. The number of carbonyl (C=O) groups is 2. The first-order valence-electron chi connectivity index (χ1n) is 35.1. The quantitative estimate of drug-likeness (QED) is 0.0188. The zero-order valence-electron chi connectivity index (χ0n) is 61.4. The fraction of sp³-hybridized carbons (Fsp3) is 0.653. The number of cyclic esters (lactones) is 1. The highest BCUT2D eigenvalue weighted by molar-refractivity contribution is 6.30. The van der Waals surface area contributed by atoms with E-state index < -0.39 is 102 Å². The van der Waals surface area contributed by atoms with Gasteiger partial charge in [0.25, 0.3) is 0 Å². The lowest BCUT2D eigenvalue weighted by Crippen LogP contribution is -2.61. The second-order valence-corrected chi connectivity index (χ2v) is 29.1. The van der Waals surface area contributed by atoms with Crippen molar-refractivity contribution in [2.75, 3.05) is 59.9 Å². The van der Waals surface area contributed by atoms with Gasteiger partial charge in [0.2, 0.25) is 0 Å². The van der Waals surface area contributed by atoms with Crippen LogP contribution < -0.4 is 21.3 Å². The molecule has 0 bridgehead atoms. The number of benzene rings is 4. The highest BCUT2D eigenvalue weighted by Gasteiger charge is 2.54. The van der Waals surface area contributed by atoms with Crippen LogP contribution in [0.15, 0.2) is 89.9 Å². The summed E-state index contributed by atoms with van der Waals surface area (Å²) in [6.07, 6.45) is -6.85. The van der Waals surface area contributed by atoms with Crippen LogP contribution in [0.2, 0.25) is 10.0 Å². The molecule has 8 rings (SSSR count). The predicted molar refractivity (Wildman–Crippen MR) is 388 cm³/mol. The minimum Gasteiger partial charge on any atom is -0.459 e. The zero-order valence-corrected chi connectivity index (χ0v) is 63.0. The third-order valence-electron chi connectivity index (χ3n) is 20.0. The van der Waals surface area contributed by atoms with Gasteiger partial charge in [0.05, 0.1) is 94.3 Å². The smallest absolute Gasteiger partial charge is 0.311 e. The molecule has 20 atom stereocenters. The number of hydrogen-bond donors (Lipinski definition) is 9. The van der Waals surface area contributed by atoms with E-state index >= 15 is 0 Å². The molecule has 5 aliphatic rings. The molecule has 3 aromatic carbocycles. The van der Waals surface area contributed by atoms with Crippen molar-refractivity contribution >= 4 is 57.4 Å². The van der Waals surface area contributed by atoms with Gasteiger partial charge in [0.1, 0.15) is 29.7 Å². The second kappa shape index (κ2) is 37.6. The summed E-state index contributed by atoms with van der Waals surface area (Å²) in [7, 11) is 6.77. The van der Waals surface area contributed by atoms with E-state index in [1.165, 1.54) is 21.1 Å². The van der Waals surface area contributed by atoms with Gasteiger partial charge in [-0.3, -0.25) is 14.6 Å². The molecule has 0 amide bonds. The molecule has 3 aromatic rings. The lowest BCUT2D eigenvalue weighted by atomic mass is 9.74. The molecule has 554 valence electrons. The number of ether oxygens (including phenoxy) is 7. The SMILES string of the molecule is CC(C)N=c1cc2n(-c3ccc(Cl)cc3)c3ccccc3nc-2cc1Nc1ccc(Cl)cc1.CCC(CO)NCCNC(CC)CO.CC[C@H]1OC(=O)[C@H](C)[C@@H](O[C@H]2C[C@@](C)(OC)[C@@H](O)[C@H](C)O2)[C@H](C)[C@@H](O[C@@H]2O[C@H](C)C[C@H](N(C)C)[C@H]2O)[C@](C)(OC)C[C@@H](C)C(=O)[C@H](C)[C@@H](O)[C@]1(C)O. The molecule has 0 saturated carbocycles. The number of methoxy groups -OCH3 is 2. The van der Waals surface area contributed by atoms with Crippen molar-refractivity contribution in [1.29, 1.82) is 0 Å². The average molecular weight is 1430 g/mol. The van der Waals surface area contributed by atoms with Crippen molar-refractivity contribution in [3.8, 4) is 17.1 Å². The molecule has 3 saturated heterocycles. The first-order chi connectivity index (χ1) is 46.7. The number of fused-ring (bicyclic) bond motifs is 2. The molecule has 0 spiro atoms. The summed E-state index contributed by atoms with van der Waals surface area (Å²) in [4.78, 5) is 39.9. The predicted octanol–water partition coefficient (Wildman–Crippen LogP) is 9.64. The Morgan fingerprint density at radius 2 is 1.35 bits per heavy atom. The number of Topliss-reactive ketones (excluding diaryl/α,β-unsaturated/α-hetero) is 1. The third-order valence-corrected chi connectivity index (χ3v) is 20.5. The number of anilines is 2. The molecule has 0 radical (unpaired) electrons. The monoisotopic (exact) mass is 1420 g/mol. The number of carbonyl (C=O) groups excluding carboxylic acids is 2. The Labute approximate surface area is 596 Å². The van der Waals surface area contributed by atoms with E-state index in [4.69, 9.17) is 76.5 Å². The number of rotatable bonds is 21. The highest BCUT2D eigenvalue weighted by Crippen LogP contribution is 2.42. The summed E-state index contributed by atoms with van der Waals surface area (Å²) in [5.41, 5.74) is 2.35. The van der Waals surface area contributed by atoms with Crippen molar-refractivity contribution in [3.05, 3.63) is 100 Å². The standard InChI is InChI=1S/C38H69NO13.C27H22Cl2N4.C10H24N2O2/c1-15-26-38(10,45)31(42)21(4)28(40)19(2)17-37(9,47-14)33(52-35-29(41)25(39(11)12)16-20(3)48-35)22(5)30(23(6)34(44)50-26)51-27-18-36(8,46-13)32(43)24(7)49-27;1-17(2)30-24-16-27-25(15-23(24)31-20-11-7-18(28)8-12-20)32-22-5-3-4-6-26(22)33(27)21-13-9-19(29)10-14-21;1-3-9(7-13)11-5-6-12-10(4-2)8-14/h19-27,29-33,35,41-43,45H,15-18H2,1-14H3;3-17,31H,1-2H3;9-14H,3-8H2,1-2H3/t19-,20-,21+,22+,23-,24+,25+,26-,27+,29-,30+,31-,32+,33-,35+,36-,37-,38-;;/m1../s1. The molecule has 9 N–H and O–H groups in total. The van der Waals surface area contributed by atoms with Gasteiger partial charge in [-0.05, 0) is 174 Å². The number of halogens is 2. The molecular weight excluding hydrogens is 1310 g/mol. The Hall–Kier alpha value is -4.80. The molecule has 1 aliphatic carbocycles. The first-order valence-corrected chi connectivity index (χ1v) is 35.9. The number of aliphatic hydroxyl groups is 6. The summed E-state index contributed by atoms with van der Waals surface area (Å²) in [5, 5.41) is 75.6. The minimum atomic E-state index is -1.96. The Balaban J connectivity index is 0.000000277. The van der Waals surface area contributed by atoms with Crippen LogP contribution >= 0.6 is 23.2 Å². The van der Waals surface area contributed by atoms with Gasteiger partial charge in [0.15, 0.2) is 12.6 Å². The molecule has 3 fully saturated rings. The fourth-order valence-corrected chi connectivity index (χ4v) is 13.9. The number of aliphatic hydroxyl groups excluding tert-OH is 5. The lowest BCUT2D eigenvalue weighted by molar-refractivity contribution is -0.319. The first kappa shape index (κ1) is 83.1. The summed E-state index contributed by atoms with van der Waals surface area (Å²) in [6, 6.07) is 28.0. The number of nitrogens with zero attached hydrogens (tertiary/aromatic N) is 4. The molecule has 22 nitrogen and oxygen atoms in total. The Kier molecular flexibility index (Phi) is 31.6. The van der Waals surface area contributed by atoms with Gasteiger partial charge in [-0.25, -0.2) is 4.98 Å². The van der Waals surface area contributed by atoms with E-state index in [-0.39, 0.29) is 68.5 Å². The maximum Gasteiger partial charge on any atom is 0.311 e. The minimum absolute atomic E-state index is 0.111. The average Bonchev–Trinajstić information content (AvgIpc) is 0.729. The van der Waals surface area contributed by atoms with E-state index in [9.17, 15) is 30.0 Å². The number of esters is 1. The van der Waals surface area contributed by atoms with Crippen LogP contribution in [0.25, 0.3) is 28.1 Å². The van der Waals surface area contributed by atoms with Crippen molar-refractivity contribution in [1.82, 2.24) is 25.1 Å². The van der Waals surface area contributed by atoms with E-state index in [0.29, 0.717) is 16.5 Å². The Morgan fingerprint density at radius 3 is 1.90 bits per heavy atom. The van der Waals surface area contributed by atoms with Crippen molar-refractivity contribution in [3.63, 3.8) is 0 Å². The van der Waals surface area contributed by atoms with Crippen molar-refractivity contribution < 1.29 is 73.4 Å². The largest absolute Gasteiger partial charge is 0.459 e. The van der Waals surface area contributed by atoms with E-state index in [1.54, 1.807) is 48.5 Å². The zero-order chi connectivity index (χ0) is 73.4. The summed E-state index contributed by atoms with van der Waals surface area (Å²) in [6.45, 7) is 27.3. The summed E-state index contributed by atoms with van der Waals surface area (Å²) >= 11 is 12.2. The topological polar surface area (TPSA) is 290 Å². The molecule has 2 unspecified atom stereocenters. The van der Waals surface area contributed by atoms with E-state index in [0.717, 1.165) is 70.8 Å². The maximum absolute atomic E-state index is 14.2. The van der Waals surface area contributed by atoms with E-state index in [2.05, 4.69) is 52.6 Å². The van der Waals surface area contributed by atoms with Crippen LogP contribution in [0.1, 0.15) is 135 Å². The van der Waals surface area contributed by atoms with Crippen molar-refractivity contribution in [2.45, 2.75) is 238 Å². The highest BCUT2D eigenvalue weighted by atomic mass is 35.5. The van der Waals surface area contributed by atoms with Crippen LogP contribution in [-0.4, -0.2) is 214 Å². The van der Waals surface area contributed by atoms with Crippen molar-refractivity contribution in [2.24, 2.45) is 28.7 Å². The Bertz CT molecular complexity index is 3330. The molecule has 99 heavy (non-hydrogen) atoms. The third kappa shape index (κ3) is 21.2.